The Morgan fingerprint density at radius 1 is 1.20 bits per heavy atom. The van der Waals surface area contributed by atoms with Gasteiger partial charge in [0.15, 0.2) is 5.65 Å². The third kappa shape index (κ3) is 3.48. The average molecular weight is 424 g/mol. The maximum atomic E-state index is 13.1. The quantitative estimate of drug-likeness (QED) is 0.498. The summed E-state index contributed by atoms with van der Waals surface area (Å²) >= 11 is 1.60. The van der Waals surface area contributed by atoms with Crippen molar-refractivity contribution < 1.29 is 9.32 Å². The van der Waals surface area contributed by atoms with Crippen LogP contribution in [-0.4, -0.2) is 66.6 Å². The second kappa shape index (κ2) is 7.62. The largest absolute Gasteiger partial charge is 0.338 e. The van der Waals surface area contributed by atoms with Crippen molar-refractivity contribution in [1.82, 2.24) is 34.5 Å². The molecule has 4 aromatic heterocycles. The fourth-order valence-electron chi connectivity index (χ4n) is 3.72. The molecule has 1 fully saturated rings. The first-order valence-corrected chi connectivity index (χ1v) is 10.7. The van der Waals surface area contributed by atoms with E-state index in [1.54, 1.807) is 22.0 Å². The van der Waals surface area contributed by atoms with E-state index in [4.69, 9.17) is 4.52 Å². The Kier molecular flexibility index (Phi) is 4.80. The number of carbonyl (C=O) groups excluding carboxylic acids is 1. The highest BCUT2D eigenvalue weighted by Crippen LogP contribution is 2.20. The summed E-state index contributed by atoms with van der Waals surface area (Å²) < 4.78 is 7.12. The van der Waals surface area contributed by atoms with Gasteiger partial charge in [-0.2, -0.15) is 21.4 Å². The molecular weight excluding hydrogens is 402 g/mol. The normalized spacial score (nSPS) is 15.2. The van der Waals surface area contributed by atoms with Crippen LogP contribution < -0.4 is 0 Å². The third-order valence-electron chi connectivity index (χ3n) is 5.27. The van der Waals surface area contributed by atoms with Crippen LogP contribution in [0.1, 0.15) is 27.6 Å². The van der Waals surface area contributed by atoms with Gasteiger partial charge in [-0.25, -0.2) is 9.50 Å². The van der Waals surface area contributed by atoms with Gasteiger partial charge in [0, 0.05) is 48.5 Å². The molecule has 9 nitrogen and oxygen atoms in total. The van der Waals surface area contributed by atoms with Crippen LogP contribution in [0, 0.1) is 13.8 Å². The van der Waals surface area contributed by atoms with Gasteiger partial charge in [-0.05, 0) is 31.4 Å². The van der Waals surface area contributed by atoms with E-state index in [1.165, 1.54) is 0 Å². The van der Waals surface area contributed by atoms with Crippen molar-refractivity contribution >= 4 is 22.9 Å². The lowest BCUT2D eigenvalue weighted by atomic mass is 10.2. The smallest absolute Gasteiger partial charge is 0.259 e. The highest BCUT2D eigenvalue weighted by atomic mass is 32.1. The van der Waals surface area contributed by atoms with Gasteiger partial charge in [0.05, 0.1) is 12.7 Å². The van der Waals surface area contributed by atoms with E-state index in [0.717, 1.165) is 30.0 Å². The SMILES string of the molecule is Cc1cc(C)n2ncc(C(=O)N3CCN(Cc4nc(-c5ccsc5)no4)CC3)c2n1. The Hall–Kier alpha value is -3.11. The molecule has 1 saturated heterocycles. The first kappa shape index (κ1) is 18.9. The fourth-order valence-corrected chi connectivity index (χ4v) is 4.35. The van der Waals surface area contributed by atoms with E-state index < -0.39 is 0 Å². The number of carbonyl (C=O) groups is 1. The fraction of sp³-hybridized carbons (Fsp3) is 0.350. The molecule has 0 unspecified atom stereocenters. The first-order chi connectivity index (χ1) is 14.6. The van der Waals surface area contributed by atoms with E-state index >= 15 is 0 Å². The van der Waals surface area contributed by atoms with Crippen LogP contribution in [0.3, 0.4) is 0 Å². The molecule has 0 bridgehead atoms. The zero-order valence-corrected chi connectivity index (χ0v) is 17.6. The molecule has 30 heavy (non-hydrogen) atoms. The summed E-state index contributed by atoms with van der Waals surface area (Å²) in [6.07, 6.45) is 1.62. The molecule has 10 heteroatoms. The Balaban J connectivity index is 1.23. The molecule has 5 heterocycles. The third-order valence-corrected chi connectivity index (χ3v) is 5.96. The first-order valence-electron chi connectivity index (χ1n) is 9.77. The zero-order valence-electron chi connectivity index (χ0n) is 16.8. The number of amides is 1. The highest BCUT2D eigenvalue weighted by Gasteiger charge is 2.26. The Labute approximate surface area is 176 Å². The number of hydrogen-bond donors (Lipinski definition) is 0. The molecule has 4 aromatic rings. The summed E-state index contributed by atoms with van der Waals surface area (Å²) in [5, 5.41) is 12.4. The van der Waals surface area contributed by atoms with Crippen LogP contribution in [0.4, 0.5) is 0 Å². The molecule has 0 spiro atoms. The number of hydrogen-bond acceptors (Lipinski definition) is 8. The number of rotatable bonds is 4. The average Bonchev–Trinajstić information content (AvgIpc) is 3.48. The van der Waals surface area contributed by atoms with E-state index in [-0.39, 0.29) is 5.91 Å². The molecule has 5 rings (SSSR count). The number of piperazine rings is 1. The van der Waals surface area contributed by atoms with Crippen LogP contribution in [0.5, 0.6) is 0 Å². The van der Waals surface area contributed by atoms with Crippen LogP contribution in [-0.2, 0) is 6.54 Å². The van der Waals surface area contributed by atoms with Crippen molar-refractivity contribution in [3.8, 4) is 11.4 Å². The summed E-state index contributed by atoms with van der Waals surface area (Å²) in [5.74, 6) is 1.18. The van der Waals surface area contributed by atoms with Crippen LogP contribution in [0.25, 0.3) is 17.0 Å². The Morgan fingerprint density at radius 3 is 2.80 bits per heavy atom. The van der Waals surface area contributed by atoms with Crippen LogP contribution in [0.15, 0.2) is 33.6 Å². The van der Waals surface area contributed by atoms with Crippen molar-refractivity contribution in [3.63, 3.8) is 0 Å². The summed E-state index contributed by atoms with van der Waals surface area (Å²) in [7, 11) is 0. The molecule has 0 atom stereocenters. The lowest BCUT2D eigenvalue weighted by molar-refractivity contribution is 0.0616. The molecule has 0 saturated carbocycles. The Bertz CT molecular complexity index is 1190. The van der Waals surface area contributed by atoms with Gasteiger partial charge in [0.25, 0.3) is 5.91 Å². The summed E-state index contributed by atoms with van der Waals surface area (Å²) in [4.78, 5) is 26.2. The molecular formula is C20H21N7O2S. The summed E-state index contributed by atoms with van der Waals surface area (Å²) in [6.45, 7) is 7.21. The maximum absolute atomic E-state index is 13.1. The molecule has 1 aliphatic heterocycles. The topological polar surface area (TPSA) is 92.7 Å². The van der Waals surface area contributed by atoms with Gasteiger partial charge < -0.3 is 9.42 Å². The minimum absolute atomic E-state index is 0.0281. The standard InChI is InChI=1S/C20H21N7O2S/c1-13-9-14(2)27-19(22-13)16(10-21-27)20(28)26-6-4-25(5-7-26)11-17-23-18(24-29-17)15-3-8-30-12-15/h3,8-10,12H,4-7,11H2,1-2H3. The maximum Gasteiger partial charge on any atom is 0.259 e. The monoisotopic (exact) mass is 423 g/mol. The number of thiophene rings is 1. The van der Waals surface area contributed by atoms with Gasteiger partial charge in [0.1, 0.15) is 5.56 Å². The van der Waals surface area contributed by atoms with Crippen molar-refractivity contribution in [2.75, 3.05) is 26.2 Å². The molecule has 0 aliphatic carbocycles. The minimum atomic E-state index is -0.0281. The van der Waals surface area contributed by atoms with Crippen LogP contribution in [0.2, 0.25) is 0 Å². The summed E-state index contributed by atoms with van der Waals surface area (Å²) in [6, 6.07) is 3.93. The predicted molar refractivity (Wildman–Crippen MR) is 111 cm³/mol. The molecule has 0 N–H and O–H groups in total. The second-order valence-electron chi connectivity index (χ2n) is 7.42. The van der Waals surface area contributed by atoms with E-state index in [9.17, 15) is 4.79 Å². The van der Waals surface area contributed by atoms with Gasteiger partial charge in [-0.3, -0.25) is 9.69 Å². The molecule has 0 radical (unpaired) electrons. The molecule has 0 aromatic carbocycles. The zero-order chi connectivity index (χ0) is 20.7. The lowest BCUT2D eigenvalue weighted by Crippen LogP contribution is -2.48. The molecule has 1 aliphatic rings. The Morgan fingerprint density at radius 2 is 2.03 bits per heavy atom. The van der Waals surface area contributed by atoms with Crippen molar-refractivity contribution in [3.05, 3.63) is 51.9 Å². The van der Waals surface area contributed by atoms with Gasteiger partial charge >= 0.3 is 0 Å². The minimum Gasteiger partial charge on any atom is -0.338 e. The molecule has 154 valence electrons. The molecule has 1 amide bonds. The van der Waals surface area contributed by atoms with Crippen molar-refractivity contribution in [2.24, 2.45) is 0 Å². The summed E-state index contributed by atoms with van der Waals surface area (Å²) in [5.41, 5.74) is 3.97. The number of aryl methyl sites for hydroxylation is 2. The van der Waals surface area contributed by atoms with E-state index in [0.29, 0.717) is 42.6 Å². The van der Waals surface area contributed by atoms with Gasteiger partial charge in [0.2, 0.25) is 11.7 Å². The predicted octanol–water partition coefficient (Wildman–Crippen LogP) is 2.42. The number of nitrogens with zero attached hydrogens (tertiary/aromatic N) is 7. The van der Waals surface area contributed by atoms with Crippen LogP contribution >= 0.6 is 11.3 Å². The van der Waals surface area contributed by atoms with Gasteiger partial charge in [-0.1, -0.05) is 5.16 Å². The second-order valence-corrected chi connectivity index (χ2v) is 8.20. The lowest BCUT2D eigenvalue weighted by Gasteiger charge is -2.33. The highest BCUT2D eigenvalue weighted by molar-refractivity contribution is 7.08. The van der Waals surface area contributed by atoms with Gasteiger partial charge in [-0.15, -0.1) is 0 Å². The number of aromatic nitrogens is 5. The van der Waals surface area contributed by atoms with E-state index in [2.05, 4.69) is 25.1 Å². The number of fused-ring (bicyclic) bond motifs is 1. The van der Waals surface area contributed by atoms with Crippen molar-refractivity contribution in [2.45, 2.75) is 20.4 Å². The van der Waals surface area contributed by atoms with Crippen molar-refractivity contribution in [1.29, 1.82) is 0 Å². The van der Waals surface area contributed by atoms with E-state index in [1.807, 2.05) is 41.6 Å².